The number of rotatable bonds is 5. The third kappa shape index (κ3) is 4.73. The van der Waals surface area contributed by atoms with Crippen LogP contribution in [-0.2, 0) is 6.54 Å². The van der Waals surface area contributed by atoms with Gasteiger partial charge in [0, 0.05) is 29.4 Å². The number of halogens is 1. The molecule has 0 atom stereocenters. The molecule has 1 aromatic carbocycles. The molecule has 0 aliphatic rings. The Morgan fingerprint density at radius 3 is 2.62 bits per heavy atom. The summed E-state index contributed by atoms with van der Waals surface area (Å²) in [6.45, 7) is 8.98. The first kappa shape index (κ1) is 15.8. The lowest BCUT2D eigenvalue weighted by molar-refractivity contribution is 0.459. The first-order valence-corrected chi connectivity index (χ1v) is 7.47. The number of benzene rings is 1. The maximum Gasteiger partial charge on any atom is 0.219 e. The average Bonchev–Trinajstić information content (AvgIpc) is 2.40. The van der Waals surface area contributed by atoms with Crippen LogP contribution in [0.25, 0.3) is 0 Å². The molecule has 2 rings (SSSR count). The topological polar surface area (TPSA) is 34.1 Å². The highest BCUT2D eigenvalue weighted by Gasteiger charge is 2.05. The zero-order valence-corrected chi connectivity index (χ0v) is 13.7. The van der Waals surface area contributed by atoms with Gasteiger partial charge in [0.05, 0.1) is 0 Å². The van der Waals surface area contributed by atoms with Crippen molar-refractivity contribution in [2.45, 2.75) is 40.3 Å². The Morgan fingerprint density at radius 2 is 1.95 bits per heavy atom. The summed E-state index contributed by atoms with van der Waals surface area (Å²) in [5, 5.41) is 4.13. The minimum atomic E-state index is 0.446. The lowest BCUT2D eigenvalue weighted by Crippen LogP contribution is -2.21. The Labute approximate surface area is 131 Å². The molecular formula is C17H21ClN2O. The van der Waals surface area contributed by atoms with E-state index in [-0.39, 0.29) is 0 Å². The number of ether oxygens (including phenoxy) is 1. The number of hydrogen-bond acceptors (Lipinski definition) is 3. The summed E-state index contributed by atoms with van der Waals surface area (Å²) in [4.78, 5) is 4.43. The van der Waals surface area contributed by atoms with Crippen molar-refractivity contribution in [1.82, 2.24) is 10.3 Å². The Balaban J connectivity index is 2.17. The first-order chi connectivity index (χ1) is 9.94. The van der Waals surface area contributed by atoms with Crippen molar-refractivity contribution in [3.63, 3.8) is 0 Å². The van der Waals surface area contributed by atoms with Gasteiger partial charge in [-0.25, -0.2) is 4.98 Å². The van der Waals surface area contributed by atoms with E-state index in [0.29, 0.717) is 11.9 Å². The minimum absolute atomic E-state index is 0.446. The highest BCUT2D eigenvalue weighted by atomic mass is 35.5. The second-order valence-corrected chi connectivity index (χ2v) is 5.91. The Hall–Kier alpha value is -1.58. The van der Waals surface area contributed by atoms with E-state index in [1.807, 2.05) is 38.1 Å². The lowest BCUT2D eigenvalue weighted by Gasteiger charge is -2.11. The molecule has 2 aromatic rings. The number of pyridine rings is 1. The predicted molar refractivity (Wildman–Crippen MR) is 87.2 cm³/mol. The molecule has 0 bridgehead atoms. The lowest BCUT2D eigenvalue weighted by atomic mass is 10.2. The number of nitrogens with zero attached hydrogens (tertiary/aromatic N) is 1. The summed E-state index contributed by atoms with van der Waals surface area (Å²) in [7, 11) is 0. The van der Waals surface area contributed by atoms with E-state index in [0.717, 1.165) is 34.1 Å². The smallest absolute Gasteiger partial charge is 0.219 e. The van der Waals surface area contributed by atoms with Crippen LogP contribution in [0.3, 0.4) is 0 Å². The van der Waals surface area contributed by atoms with Crippen molar-refractivity contribution in [3.8, 4) is 11.6 Å². The van der Waals surface area contributed by atoms with Crippen LogP contribution in [0, 0.1) is 13.8 Å². The van der Waals surface area contributed by atoms with Crippen molar-refractivity contribution in [2.24, 2.45) is 0 Å². The van der Waals surface area contributed by atoms with E-state index in [4.69, 9.17) is 16.3 Å². The molecule has 1 heterocycles. The summed E-state index contributed by atoms with van der Waals surface area (Å²) >= 11 is 6.03. The summed E-state index contributed by atoms with van der Waals surface area (Å²) in [6.07, 6.45) is 0. The Bertz CT molecular complexity index is 626. The van der Waals surface area contributed by atoms with Gasteiger partial charge >= 0.3 is 0 Å². The molecule has 0 saturated heterocycles. The molecule has 112 valence electrons. The number of hydrogen-bond donors (Lipinski definition) is 1. The first-order valence-electron chi connectivity index (χ1n) is 7.09. The molecule has 0 fully saturated rings. The summed E-state index contributed by atoms with van der Waals surface area (Å²) in [5.74, 6) is 1.36. The number of aryl methyl sites for hydroxylation is 2. The van der Waals surface area contributed by atoms with Crippen LogP contribution in [0.5, 0.6) is 11.6 Å². The summed E-state index contributed by atoms with van der Waals surface area (Å²) in [5.41, 5.74) is 3.10. The van der Waals surface area contributed by atoms with Crippen molar-refractivity contribution < 1.29 is 4.74 Å². The van der Waals surface area contributed by atoms with E-state index in [1.54, 1.807) is 0 Å². The van der Waals surface area contributed by atoms with Crippen LogP contribution < -0.4 is 10.1 Å². The van der Waals surface area contributed by atoms with Crippen molar-refractivity contribution in [2.75, 3.05) is 0 Å². The number of nitrogens with one attached hydrogen (secondary N) is 1. The quantitative estimate of drug-likeness (QED) is 0.873. The molecule has 0 amide bonds. The third-order valence-corrected chi connectivity index (χ3v) is 3.48. The van der Waals surface area contributed by atoms with Gasteiger partial charge in [-0.05, 0) is 49.2 Å². The van der Waals surface area contributed by atoms with Crippen LogP contribution >= 0.6 is 11.6 Å². The molecule has 0 aliphatic heterocycles. The third-order valence-electron chi connectivity index (χ3n) is 3.06. The fourth-order valence-electron chi connectivity index (χ4n) is 1.98. The maximum absolute atomic E-state index is 6.03. The van der Waals surface area contributed by atoms with Gasteiger partial charge < -0.3 is 10.1 Å². The zero-order chi connectivity index (χ0) is 15.4. The van der Waals surface area contributed by atoms with Gasteiger partial charge in [-0.3, -0.25) is 0 Å². The van der Waals surface area contributed by atoms with Crippen LogP contribution in [0.2, 0.25) is 5.02 Å². The highest BCUT2D eigenvalue weighted by Crippen LogP contribution is 2.25. The van der Waals surface area contributed by atoms with E-state index in [9.17, 15) is 0 Å². The van der Waals surface area contributed by atoms with Gasteiger partial charge in [-0.15, -0.1) is 0 Å². The van der Waals surface area contributed by atoms with E-state index < -0.39 is 0 Å². The standard InChI is InChI=1S/C17H21ClN2O/c1-11(2)19-10-14-8-13(4)20-17(9-14)21-15-5-6-16(18)12(3)7-15/h5-9,11,19H,10H2,1-4H3. The van der Waals surface area contributed by atoms with Gasteiger partial charge in [0.25, 0.3) is 0 Å². The molecular weight excluding hydrogens is 284 g/mol. The average molecular weight is 305 g/mol. The van der Waals surface area contributed by atoms with Crippen molar-refractivity contribution in [3.05, 3.63) is 52.2 Å². The van der Waals surface area contributed by atoms with Crippen LogP contribution in [0.4, 0.5) is 0 Å². The molecule has 4 heteroatoms. The zero-order valence-electron chi connectivity index (χ0n) is 12.9. The molecule has 3 nitrogen and oxygen atoms in total. The van der Waals surface area contributed by atoms with Crippen LogP contribution in [0.1, 0.15) is 30.7 Å². The predicted octanol–water partition coefficient (Wildman–Crippen LogP) is 4.64. The minimum Gasteiger partial charge on any atom is -0.439 e. The van der Waals surface area contributed by atoms with E-state index in [2.05, 4.69) is 30.2 Å². The highest BCUT2D eigenvalue weighted by molar-refractivity contribution is 6.31. The fraction of sp³-hybridized carbons (Fsp3) is 0.353. The Morgan fingerprint density at radius 1 is 1.19 bits per heavy atom. The fourth-order valence-corrected chi connectivity index (χ4v) is 2.10. The van der Waals surface area contributed by atoms with Crippen molar-refractivity contribution in [1.29, 1.82) is 0 Å². The molecule has 21 heavy (non-hydrogen) atoms. The van der Waals surface area contributed by atoms with Gasteiger partial charge in [0.2, 0.25) is 5.88 Å². The second-order valence-electron chi connectivity index (χ2n) is 5.50. The molecule has 1 aromatic heterocycles. The molecule has 0 unspecified atom stereocenters. The Kier molecular flexibility index (Phi) is 5.21. The SMILES string of the molecule is Cc1cc(CNC(C)C)cc(Oc2ccc(Cl)c(C)c2)n1. The molecule has 0 saturated carbocycles. The summed E-state index contributed by atoms with van der Waals surface area (Å²) < 4.78 is 5.84. The van der Waals surface area contributed by atoms with Crippen LogP contribution in [0.15, 0.2) is 30.3 Å². The normalized spacial score (nSPS) is 11.0. The van der Waals surface area contributed by atoms with Gasteiger partial charge in [-0.1, -0.05) is 25.4 Å². The van der Waals surface area contributed by atoms with Gasteiger partial charge in [0.1, 0.15) is 5.75 Å². The molecule has 0 radical (unpaired) electrons. The summed E-state index contributed by atoms with van der Waals surface area (Å²) in [6, 6.07) is 10.1. The molecule has 0 aliphatic carbocycles. The molecule has 0 spiro atoms. The second kappa shape index (κ2) is 6.92. The number of aromatic nitrogens is 1. The van der Waals surface area contributed by atoms with Gasteiger partial charge in [0.15, 0.2) is 0 Å². The van der Waals surface area contributed by atoms with Crippen molar-refractivity contribution >= 4 is 11.6 Å². The van der Waals surface area contributed by atoms with E-state index in [1.165, 1.54) is 0 Å². The largest absolute Gasteiger partial charge is 0.439 e. The van der Waals surface area contributed by atoms with E-state index >= 15 is 0 Å². The van der Waals surface area contributed by atoms with Gasteiger partial charge in [-0.2, -0.15) is 0 Å². The maximum atomic E-state index is 6.03. The monoisotopic (exact) mass is 304 g/mol. The molecule has 1 N–H and O–H groups in total. The van der Waals surface area contributed by atoms with Crippen LogP contribution in [-0.4, -0.2) is 11.0 Å².